The lowest BCUT2D eigenvalue weighted by molar-refractivity contribution is -0.129. The summed E-state index contributed by atoms with van der Waals surface area (Å²) in [7, 11) is 0. The quantitative estimate of drug-likeness (QED) is 0.397. The minimum atomic E-state index is -0.404. The topological polar surface area (TPSA) is 110 Å². The van der Waals surface area contributed by atoms with Crippen LogP contribution in [0.3, 0.4) is 0 Å². The Morgan fingerprint density at radius 3 is 1.27 bits per heavy atom. The first-order valence-corrected chi connectivity index (χ1v) is 3.14. The molecule has 6 N–H and O–H groups in total. The molecule has 0 radical (unpaired) electrons. The maximum absolute atomic E-state index is 10.6. The second-order valence-corrected chi connectivity index (χ2v) is 1.78. The number of carbonyl (C=O) groups is 2. The zero-order valence-corrected chi connectivity index (χ0v) is 6.09. The number of nitrogens with one attached hydrogen (secondary N) is 2. The third-order valence-corrected chi connectivity index (χ3v) is 0.920. The van der Waals surface area contributed by atoms with Crippen LogP contribution in [-0.2, 0) is 9.59 Å². The standard InChI is InChI=1S/C5H12N4O2.4CH4/c6-2-8-4(10)1-5(11)9-3-7;;;;/h1-3,6-7H2,(H,8,10)(H,9,11);4*1H4. The molecule has 0 spiro atoms. The Bertz CT molecular complexity index is 135. The van der Waals surface area contributed by atoms with E-state index in [1.807, 2.05) is 0 Å². The molecule has 0 rings (SSSR count). The van der Waals surface area contributed by atoms with Gasteiger partial charge in [0.05, 0.1) is 13.3 Å². The number of carbonyl (C=O) groups excluding carboxylic acids is 2. The van der Waals surface area contributed by atoms with E-state index < -0.39 is 11.8 Å². The monoisotopic (exact) mass is 224 g/mol. The van der Waals surface area contributed by atoms with Gasteiger partial charge in [-0.1, -0.05) is 29.7 Å². The first-order valence-electron chi connectivity index (χ1n) is 3.14. The van der Waals surface area contributed by atoms with Gasteiger partial charge in [0, 0.05) is 0 Å². The Kier molecular flexibility index (Phi) is 36.2. The largest absolute Gasteiger partial charge is 0.343 e. The zero-order chi connectivity index (χ0) is 8.69. The van der Waals surface area contributed by atoms with Crippen molar-refractivity contribution in [2.24, 2.45) is 11.5 Å². The lowest BCUT2D eigenvalue weighted by Crippen LogP contribution is -2.36. The van der Waals surface area contributed by atoms with Crippen LogP contribution in [0.5, 0.6) is 0 Å². The number of hydrogen-bond donors (Lipinski definition) is 4. The van der Waals surface area contributed by atoms with Crippen molar-refractivity contribution >= 4 is 11.8 Å². The van der Waals surface area contributed by atoms with Crippen LogP contribution in [0.1, 0.15) is 36.1 Å². The van der Waals surface area contributed by atoms with Gasteiger partial charge in [-0.25, -0.2) is 0 Å². The molecule has 2 amide bonds. The number of hydrogen-bond acceptors (Lipinski definition) is 4. The van der Waals surface area contributed by atoms with Crippen LogP contribution in [0.15, 0.2) is 0 Å². The summed E-state index contributed by atoms with van der Waals surface area (Å²) >= 11 is 0. The molecule has 0 aliphatic rings. The highest BCUT2D eigenvalue weighted by molar-refractivity contribution is 5.96. The molecule has 0 aromatic carbocycles. The van der Waals surface area contributed by atoms with Crippen molar-refractivity contribution < 1.29 is 9.59 Å². The van der Waals surface area contributed by atoms with E-state index in [1.165, 1.54) is 0 Å². The first-order chi connectivity index (χ1) is 5.20. The van der Waals surface area contributed by atoms with Crippen molar-refractivity contribution in [3.05, 3.63) is 0 Å². The van der Waals surface area contributed by atoms with Crippen LogP contribution in [0.25, 0.3) is 0 Å². The van der Waals surface area contributed by atoms with Crippen molar-refractivity contribution in [2.75, 3.05) is 13.3 Å². The van der Waals surface area contributed by atoms with Gasteiger partial charge in [0.15, 0.2) is 0 Å². The Morgan fingerprint density at radius 2 is 1.07 bits per heavy atom. The fourth-order valence-electron chi connectivity index (χ4n) is 0.498. The summed E-state index contributed by atoms with van der Waals surface area (Å²) in [6.45, 7) is 0.0729. The molecule has 6 heteroatoms. The van der Waals surface area contributed by atoms with Gasteiger partial charge in [-0.15, -0.1) is 0 Å². The van der Waals surface area contributed by atoms with Crippen molar-refractivity contribution in [3.8, 4) is 0 Å². The molecule has 0 unspecified atom stereocenters. The van der Waals surface area contributed by atoms with E-state index in [2.05, 4.69) is 10.6 Å². The van der Waals surface area contributed by atoms with E-state index >= 15 is 0 Å². The molecule has 0 heterocycles. The molecular formula is C9H28N4O2. The summed E-state index contributed by atoms with van der Waals surface area (Å²) in [6, 6.07) is 0. The van der Waals surface area contributed by atoms with E-state index in [0.29, 0.717) is 0 Å². The molecule has 0 aromatic rings. The predicted molar refractivity (Wildman–Crippen MR) is 65.9 cm³/mol. The summed E-state index contributed by atoms with van der Waals surface area (Å²) < 4.78 is 0. The normalized spacial score (nSPS) is 6.53. The number of amides is 2. The van der Waals surface area contributed by atoms with E-state index in [4.69, 9.17) is 11.5 Å². The minimum Gasteiger partial charge on any atom is -0.343 e. The highest BCUT2D eigenvalue weighted by atomic mass is 16.2. The maximum atomic E-state index is 10.6. The molecule has 0 bridgehead atoms. The SMILES string of the molecule is C.C.C.C.NCNC(=O)CC(=O)NCN. The summed E-state index contributed by atoms with van der Waals surface area (Å²) in [5.74, 6) is -0.808. The number of rotatable bonds is 4. The Hall–Kier alpha value is -1.14. The van der Waals surface area contributed by atoms with Crippen LogP contribution >= 0.6 is 0 Å². The molecule has 0 saturated heterocycles. The van der Waals surface area contributed by atoms with E-state index in [-0.39, 0.29) is 49.5 Å². The third-order valence-electron chi connectivity index (χ3n) is 0.920. The van der Waals surface area contributed by atoms with Crippen molar-refractivity contribution in [1.82, 2.24) is 10.6 Å². The van der Waals surface area contributed by atoms with Crippen LogP contribution in [0.4, 0.5) is 0 Å². The number of nitrogens with two attached hydrogens (primary N) is 2. The van der Waals surface area contributed by atoms with Gasteiger partial charge in [-0.3, -0.25) is 9.59 Å². The van der Waals surface area contributed by atoms with Crippen molar-refractivity contribution in [1.29, 1.82) is 0 Å². The average Bonchev–Trinajstić information content (AvgIpc) is 1.87. The maximum Gasteiger partial charge on any atom is 0.230 e. The van der Waals surface area contributed by atoms with E-state index in [1.54, 1.807) is 0 Å². The zero-order valence-electron chi connectivity index (χ0n) is 6.09. The fourth-order valence-corrected chi connectivity index (χ4v) is 0.498. The lowest BCUT2D eigenvalue weighted by Gasteiger charge is -2.01. The Morgan fingerprint density at radius 1 is 0.800 bits per heavy atom. The average molecular weight is 224 g/mol. The molecule has 0 aromatic heterocycles. The third kappa shape index (κ3) is 19.3. The van der Waals surface area contributed by atoms with Crippen LogP contribution in [-0.4, -0.2) is 25.2 Å². The molecule has 0 fully saturated rings. The predicted octanol–water partition coefficient (Wildman–Crippen LogP) is -0.0143. The van der Waals surface area contributed by atoms with Gasteiger partial charge in [0.2, 0.25) is 11.8 Å². The van der Waals surface area contributed by atoms with E-state index in [9.17, 15) is 9.59 Å². The molecule has 0 aliphatic heterocycles. The molecule has 15 heavy (non-hydrogen) atoms. The van der Waals surface area contributed by atoms with Gasteiger partial charge in [-0.2, -0.15) is 0 Å². The first kappa shape index (κ1) is 29.2. The van der Waals surface area contributed by atoms with E-state index in [0.717, 1.165) is 0 Å². The van der Waals surface area contributed by atoms with Gasteiger partial charge < -0.3 is 22.1 Å². The van der Waals surface area contributed by atoms with Gasteiger partial charge in [-0.05, 0) is 0 Å². The van der Waals surface area contributed by atoms with Crippen LogP contribution in [0.2, 0.25) is 0 Å². The highest BCUT2D eigenvalue weighted by Gasteiger charge is 2.05. The van der Waals surface area contributed by atoms with Gasteiger partial charge >= 0.3 is 0 Å². The molecule has 0 aliphatic carbocycles. The molecular weight excluding hydrogens is 196 g/mol. The summed E-state index contributed by atoms with van der Waals surface area (Å²) in [5.41, 5.74) is 9.98. The molecule has 0 atom stereocenters. The lowest BCUT2D eigenvalue weighted by atomic mass is 10.4. The summed E-state index contributed by atoms with van der Waals surface area (Å²) in [6.07, 6.45) is -0.228. The molecule has 0 saturated carbocycles. The minimum absolute atomic E-state index is 0. The highest BCUT2D eigenvalue weighted by Crippen LogP contribution is 1.77. The van der Waals surface area contributed by atoms with Crippen molar-refractivity contribution in [3.63, 3.8) is 0 Å². The molecule has 96 valence electrons. The Labute approximate surface area is 93.8 Å². The van der Waals surface area contributed by atoms with Crippen LogP contribution < -0.4 is 22.1 Å². The molecule has 6 nitrogen and oxygen atoms in total. The summed E-state index contributed by atoms with van der Waals surface area (Å²) in [4.78, 5) is 21.3. The fraction of sp³-hybridized carbons (Fsp3) is 0.778. The Balaban J connectivity index is -0.0000000833. The smallest absolute Gasteiger partial charge is 0.230 e. The van der Waals surface area contributed by atoms with Crippen LogP contribution in [0, 0.1) is 0 Å². The summed E-state index contributed by atoms with van der Waals surface area (Å²) in [5, 5.41) is 4.54. The van der Waals surface area contributed by atoms with Crippen molar-refractivity contribution in [2.45, 2.75) is 36.1 Å². The van der Waals surface area contributed by atoms with Gasteiger partial charge in [0.25, 0.3) is 0 Å². The second-order valence-electron chi connectivity index (χ2n) is 1.78. The van der Waals surface area contributed by atoms with Gasteiger partial charge in [0.1, 0.15) is 6.42 Å². The second kappa shape index (κ2) is 18.6.